The number of nitrogens with zero attached hydrogens (tertiary/aromatic N) is 5. The number of rotatable bonds is 2. The van der Waals surface area contributed by atoms with Gasteiger partial charge in [0.1, 0.15) is 0 Å². The van der Waals surface area contributed by atoms with Gasteiger partial charge in [-0.3, -0.25) is 4.68 Å². The van der Waals surface area contributed by atoms with E-state index in [9.17, 15) is 4.79 Å². The van der Waals surface area contributed by atoms with Crippen molar-refractivity contribution < 1.29 is 9.32 Å². The second kappa shape index (κ2) is 4.82. The van der Waals surface area contributed by atoms with Crippen LogP contribution in [-0.2, 0) is 20.0 Å². The molecule has 8 heteroatoms. The topological polar surface area (TPSA) is 89.1 Å². The molecule has 4 rings (SSSR count). The van der Waals surface area contributed by atoms with Crippen molar-refractivity contribution >= 4 is 6.03 Å². The Balaban J connectivity index is 1.70. The Hall–Kier alpha value is -2.38. The standard InChI is InChI=1S/C14H18N6O2/c1-15-14(21)20-6-5-10-9(7-20)11(17-19(10)2)13-16-12(18-22-13)8-3-4-8/h8H,3-7H2,1-2H3,(H,15,21). The summed E-state index contributed by atoms with van der Waals surface area (Å²) in [5.74, 6) is 1.67. The predicted octanol–water partition coefficient (Wildman–Crippen LogP) is 1.04. The van der Waals surface area contributed by atoms with Crippen molar-refractivity contribution in [1.29, 1.82) is 0 Å². The molecule has 3 heterocycles. The van der Waals surface area contributed by atoms with E-state index >= 15 is 0 Å². The van der Waals surface area contributed by atoms with Gasteiger partial charge >= 0.3 is 6.03 Å². The van der Waals surface area contributed by atoms with E-state index in [0.717, 1.165) is 36.3 Å². The first kappa shape index (κ1) is 13.3. The maximum absolute atomic E-state index is 11.9. The second-order valence-electron chi connectivity index (χ2n) is 5.86. The van der Waals surface area contributed by atoms with Crippen LogP contribution in [0.3, 0.4) is 0 Å². The molecule has 0 atom stereocenters. The summed E-state index contributed by atoms with van der Waals surface area (Å²) in [5, 5.41) is 11.3. The van der Waals surface area contributed by atoms with E-state index in [2.05, 4.69) is 20.6 Å². The maximum Gasteiger partial charge on any atom is 0.317 e. The molecule has 0 bridgehead atoms. The van der Waals surface area contributed by atoms with Crippen LogP contribution in [0.25, 0.3) is 11.6 Å². The number of aryl methyl sites for hydroxylation is 1. The van der Waals surface area contributed by atoms with E-state index < -0.39 is 0 Å². The Morgan fingerprint density at radius 3 is 2.95 bits per heavy atom. The molecule has 0 aromatic carbocycles. The number of carbonyl (C=O) groups is 1. The highest BCUT2D eigenvalue weighted by Gasteiger charge is 2.32. The molecular formula is C14H18N6O2. The number of nitrogens with one attached hydrogen (secondary N) is 1. The first-order chi connectivity index (χ1) is 10.7. The molecule has 1 aliphatic heterocycles. The van der Waals surface area contributed by atoms with Crippen LogP contribution in [0.5, 0.6) is 0 Å². The molecule has 0 radical (unpaired) electrons. The molecule has 0 saturated heterocycles. The summed E-state index contributed by atoms with van der Waals surface area (Å²) < 4.78 is 7.25. The van der Waals surface area contributed by atoms with Crippen molar-refractivity contribution in [3.63, 3.8) is 0 Å². The quantitative estimate of drug-likeness (QED) is 0.895. The van der Waals surface area contributed by atoms with E-state index in [0.29, 0.717) is 30.6 Å². The Kier molecular flexibility index (Phi) is 2.91. The molecule has 116 valence electrons. The van der Waals surface area contributed by atoms with Gasteiger partial charge in [-0.15, -0.1) is 0 Å². The summed E-state index contributed by atoms with van der Waals surface area (Å²) in [6.45, 7) is 1.20. The minimum absolute atomic E-state index is 0.0790. The third-order valence-electron chi connectivity index (χ3n) is 4.33. The van der Waals surface area contributed by atoms with Gasteiger partial charge in [-0.2, -0.15) is 10.1 Å². The summed E-state index contributed by atoms with van der Waals surface area (Å²) in [6, 6.07) is -0.0790. The number of carbonyl (C=O) groups excluding carboxylic acids is 1. The molecule has 1 aliphatic carbocycles. The van der Waals surface area contributed by atoms with Crippen molar-refractivity contribution in [2.24, 2.45) is 7.05 Å². The molecule has 1 saturated carbocycles. The van der Waals surface area contributed by atoms with Gasteiger partial charge in [-0.05, 0) is 12.8 Å². The third kappa shape index (κ3) is 2.06. The lowest BCUT2D eigenvalue weighted by atomic mass is 10.1. The zero-order valence-corrected chi connectivity index (χ0v) is 12.7. The first-order valence-corrected chi connectivity index (χ1v) is 7.52. The largest absolute Gasteiger partial charge is 0.341 e. The monoisotopic (exact) mass is 302 g/mol. The SMILES string of the molecule is CNC(=O)N1CCc2c(c(-c3nc(C4CC4)no3)nn2C)C1. The Bertz CT molecular complexity index is 730. The molecule has 22 heavy (non-hydrogen) atoms. The van der Waals surface area contributed by atoms with Crippen molar-refractivity contribution in [2.45, 2.75) is 31.7 Å². The minimum Gasteiger partial charge on any atom is -0.341 e. The van der Waals surface area contributed by atoms with Crippen LogP contribution in [0.1, 0.15) is 35.8 Å². The average Bonchev–Trinajstić information content (AvgIpc) is 3.19. The van der Waals surface area contributed by atoms with E-state index in [1.807, 2.05) is 11.7 Å². The van der Waals surface area contributed by atoms with Gasteiger partial charge in [-0.25, -0.2) is 4.79 Å². The van der Waals surface area contributed by atoms with Crippen molar-refractivity contribution in [3.8, 4) is 11.6 Å². The Morgan fingerprint density at radius 2 is 2.23 bits per heavy atom. The highest BCUT2D eigenvalue weighted by atomic mass is 16.5. The molecule has 0 unspecified atom stereocenters. The van der Waals surface area contributed by atoms with Crippen LogP contribution in [-0.4, -0.2) is 44.4 Å². The molecule has 1 fully saturated rings. The Morgan fingerprint density at radius 1 is 1.41 bits per heavy atom. The van der Waals surface area contributed by atoms with Crippen LogP contribution < -0.4 is 5.32 Å². The number of fused-ring (bicyclic) bond motifs is 1. The van der Waals surface area contributed by atoms with Crippen LogP contribution in [0.15, 0.2) is 4.52 Å². The van der Waals surface area contributed by atoms with Crippen LogP contribution in [0, 0.1) is 0 Å². The molecule has 2 aromatic rings. The summed E-state index contributed by atoms with van der Waals surface area (Å²) in [7, 11) is 3.55. The van der Waals surface area contributed by atoms with E-state index in [1.165, 1.54) is 0 Å². The van der Waals surface area contributed by atoms with Gasteiger partial charge in [-0.1, -0.05) is 5.16 Å². The summed E-state index contributed by atoms with van der Waals surface area (Å²) in [5.41, 5.74) is 2.83. The maximum atomic E-state index is 11.9. The Labute approximate surface area is 127 Å². The van der Waals surface area contributed by atoms with E-state index in [4.69, 9.17) is 4.52 Å². The minimum atomic E-state index is -0.0790. The van der Waals surface area contributed by atoms with Crippen LogP contribution in [0.4, 0.5) is 4.79 Å². The molecular weight excluding hydrogens is 284 g/mol. The van der Waals surface area contributed by atoms with Gasteiger partial charge in [0.15, 0.2) is 11.5 Å². The molecule has 2 aliphatic rings. The molecule has 0 spiro atoms. The molecule has 2 amide bonds. The van der Waals surface area contributed by atoms with Gasteiger partial charge < -0.3 is 14.7 Å². The van der Waals surface area contributed by atoms with Crippen molar-refractivity contribution in [3.05, 3.63) is 17.1 Å². The number of amides is 2. The number of hydrogen-bond donors (Lipinski definition) is 1. The summed E-state index contributed by atoms with van der Waals surface area (Å²) in [4.78, 5) is 18.1. The summed E-state index contributed by atoms with van der Waals surface area (Å²) >= 11 is 0. The van der Waals surface area contributed by atoms with E-state index in [-0.39, 0.29) is 6.03 Å². The normalized spacial score (nSPS) is 17.5. The fourth-order valence-electron chi connectivity index (χ4n) is 2.93. The highest BCUT2D eigenvalue weighted by molar-refractivity contribution is 5.74. The predicted molar refractivity (Wildman–Crippen MR) is 77.0 cm³/mol. The fourth-order valence-corrected chi connectivity index (χ4v) is 2.93. The first-order valence-electron chi connectivity index (χ1n) is 7.52. The van der Waals surface area contributed by atoms with Gasteiger partial charge in [0, 0.05) is 44.2 Å². The van der Waals surface area contributed by atoms with Gasteiger partial charge in [0.2, 0.25) is 0 Å². The lowest BCUT2D eigenvalue weighted by molar-refractivity contribution is 0.194. The molecule has 8 nitrogen and oxygen atoms in total. The average molecular weight is 302 g/mol. The number of aromatic nitrogens is 4. The van der Waals surface area contributed by atoms with Gasteiger partial charge in [0.05, 0.1) is 6.54 Å². The number of hydrogen-bond acceptors (Lipinski definition) is 5. The summed E-state index contributed by atoms with van der Waals surface area (Å²) in [6.07, 6.45) is 3.03. The second-order valence-corrected chi connectivity index (χ2v) is 5.86. The highest BCUT2D eigenvalue weighted by Crippen LogP contribution is 2.39. The number of urea groups is 1. The lowest BCUT2D eigenvalue weighted by Gasteiger charge is -2.26. The zero-order valence-electron chi connectivity index (χ0n) is 12.7. The van der Waals surface area contributed by atoms with Crippen LogP contribution >= 0.6 is 0 Å². The van der Waals surface area contributed by atoms with Crippen molar-refractivity contribution in [1.82, 2.24) is 30.1 Å². The van der Waals surface area contributed by atoms with Gasteiger partial charge in [0.25, 0.3) is 5.89 Å². The van der Waals surface area contributed by atoms with Crippen LogP contribution in [0.2, 0.25) is 0 Å². The smallest absolute Gasteiger partial charge is 0.317 e. The zero-order chi connectivity index (χ0) is 15.3. The molecule has 2 aromatic heterocycles. The van der Waals surface area contributed by atoms with Crippen molar-refractivity contribution in [2.75, 3.05) is 13.6 Å². The lowest BCUT2D eigenvalue weighted by Crippen LogP contribution is -2.41. The third-order valence-corrected chi connectivity index (χ3v) is 4.33. The molecule has 1 N–H and O–H groups in total. The van der Waals surface area contributed by atoms with E-state index in [1.54, 1.807) is 11.9 Å². The fraction of sp³-hybridized carbons (Fsp3) is 0.571.